The molecule has 0 aromatic carbocycles. The number of ether oxygens (including phenoxy) is 1. The van der Waals surface area contributed by atoms with Gasteiger partial charge in [0.1, 0.15) is 0 Å². The fourth-order valence-electron chi connectivity index (χ4n) is 2.92. The predicted octanol–water partition coefficient (Wildman–Crippen LogP) is -0.0406. The zero-order chi connectivity index (χ0) is 15.4. The van der Waals surface area contributed by atoms with Crippen LogP contribution in [0.4, 0.5) is 0 Å². The summed E-state index contributed by atoms with van der Waals surface area (Å²) in [5.74, 6) is 1.14. The molecule has 22 heavy (non-hydrogen) atoms. The van der Waals surface area contributed by atoms with Gasteiger partial charge in [-0.2, -0.15) is 0 Å². The van der Waals surface area contributed by atoms with Crippen molar-refractivity contribution >= 4 is 5.91 Å². The summed E-state index contributed by atoms with van der Waals surface area (Å²) >= 11 is 0. The van der Waals surface area contributed by atoms with E-state index < -0.39 is 0 Å². The second-order valence-electron chi connectivity index (χ2n) is 5.98. The van der Waals surface area contributed by atoms with Crippen LogP contribution in [0, 0.1) is 6.92 Å². The van der Waals surface area contributed by atoms with Gasteiger partial charge in [0.2, 0.25) is 5.91 Å². The molecule has 0 atom stereocenters. The maximum atomic E-state index is 12.2. The first-order valence-electron chi connectivity index (χ1n) is 7.93. The summed E-state index contributed by atoms with van der Waals surface area (Å²) in [6, 6.07) is 1.98. The van der Waals surface area contributed by atoms with Gasteiger partial charge >= 0.3 is 0 Å². The number of carbonyl (C=O) groups excluding carboxylic acids is 1. The number of morpholine rings is 1. The van der Waals surface area contributed by atoms with Gasteiger partial charge in [0.25, 0.3) is 0 Å². The zero-order valence-electron chi connectivity index (χ0n) is 13.2. The number of rotatable bonds is 4. The Morgan fingerprint density at radius 3 is 2.45 bits per heavy atom. The van der Waals surface area contributed by atoms with Crippen molar-refractivity contribution in [1.82, 2.24) is 19.9 Å². The molecule has 0 saturated carbocycles. The van der Waals surface area contributed by atoms with Crippen LogP contribution in [0.25, 0.3) is 0 Å². The zero-order valence-corrected chi connectivity index (χ0v) is 13.2. The molecule has 3 rings (SSSR count). The Morgan fingerprint density at radius 2 is 1.82 bits per heavy atom. The monoisotopic (exact) mass is 308 g/mol. The van der Waals surface area contributed by atoms with Gasteiger partial charge < -0.3 is 14.2 Å². The Morgan fingerprint density at radius 1 is 1.14 bits per heavy atom. The van der Waals surface area contributed by atoms with Crippen LogP contribution in [-0.4, -0.2) is 84.8 Å². The third kappa shape index (κ3) is 4.06. The first-order chi connectivity index (χ1) is 10.7. The molecule has 0 unspecified atom stereocenters. The summed E-state index contributed by atoms with van der Waals surface area (Å²) in [6.45, 7) is 9.78. The summed E-state index contributed by atoms with van der Waals surface area (Å²) in [7, 11) is 0. The van der Waals surface area contributed by atoms with Crippen molar-refractivity contribution in [1.29, 1.82) is 0 Å². The summed E-state index contributed by atoms with van der Waals surface area (Å²) in [5, 5.41) is 3.92. The summed E-state index contributed by atoms with van der Waals surface area (Å²) in [6.07, 6.45) is 0. The van der Waals surface area contributed by atoms with Gasteiger partial charge in [-0.25, -0.2) is 0 Å². The highest BCUT2D eigenvalue weighted by Gasteiger charge is 2.23. The predicted molar refractivity (Wildman–Crippen MR) is 80.4 cm³/mol. The van der Waals surface area contributed by atoms with Gasteiger partial charge in [-0.3, -0.25) is 14.6 Å². The average molecular weight is 308 g/mol. The number of nitrogens with zero attached hydrogens (tertiary/aromatic N) is 4. The lowest BCUT2D eigenvalue weighted by Crippen LogP contribution is -2.51. The maximum Gasteiger partial charge on any atom is 0.236 e. The molecular formula is C15H24N4O3. The standard InChI is InChI=1S/C15H24N4O3/c1-13-10-14(22-16-13)11-17-2-4-18(5-3-17)12-15(20)19-6-8-21-9-7-19/h10H,2-9,11-12H2,1H3. The van der Waals surface area contributed by atoms with Crippen LogP contribution in [0.2, 0.25) is 0 Å². The lowest BCUT2D eigenvalue weighted by Gasteiger charge is -2.35. The molecule has 0 bridgehead atoms. The Bertz CT molecular complexity index is 491. The third-order valence-electron chi connectivity index (χ3n) is 4.24. The quantitative estimate of drug-likeness (QED) is 0.778. The van der Waals surface area contributed by atoms with Crippen molar-refractivity contribution in [3.63, 3.8) is 0 Å². The number of hydrogen-bond acceptors (Lipinski definition) is 6. The molecule has 0 N–H and O–H groups in total. The average Bonchev–Trinajstić information content (AvgIpc) is 2.95. The van der Waals surface area contributed by atoms with E-state index in [2.05, 4.69) is 15.0 Å². The SMILES string of the molecule is Cc1cc(CN2CCN(CC(=O)N3CCOCC3)CC2)on1. The molecule has 3 heterocycles. The molecule has 122 valence electrons. The first kappa shape index (κ1) is 15.5. The lowest BCUT2D eigenvalue weighted by atomic mass is 10.2. The minimum atomic E-state index is 0.225. The van der Waals surface area contributed by atoms with Gasteiger partial charge in [0, 0.05) is 45.3 Å². The van der Waals surface area contributed by atoms with Crippen molar-refractivity contribution in [3.8, 4) is 0 Å². The van der Waals surface area contributed by atoms with Crippen LogP contribution in [0.5, 0.6) is 0 Å². The molecule has 7 heteroatoms. The van der Waals surface area contributed by atoms with Crippen molar-refractivity contribution in [2.24, 2.45) is 0 Å². The van der Waals surface area contributed by atoms with Crippen LogP contribution < -0.4 is 0 Å². The van der Waals surface area contributed by atoms with E-state index >= 15 is 0 Å². The van der Waals surface area contributed by atoms with E-state index in [1.54, 1.807) is 0 Å². The van der Waals surface area contributed by atoms with Crippen molar-refractivity contribution in [2.45, 2.75) is 13.5 Å². The van der Waals surface area contributed by atoms with Gasteiger partial charge in [-0.1, -0.05) is 5.16 Å². The number of carbonyl (C=O) groups is 1. The minimum absolute atomic E-state index is 0.225. The number of aryl methyl sites for hydroxylation is 1. The van der Waals surface area contributed by atoms with Gasteiger partial charge in [-0.15, -0.1) is 0 Å². The number of piperazine rings is 1. The number of aromatic nitrogens is 1. The lowest BCUT2D eigenvalue weighted by molar-refractivity contribution is -0.136. The fraction of sp³-hybridized carbons (Fsp3) is 0.733. The van der Waals surface area contributed by atoms with Crippen molar-refractivity contribution < 1.29 is 14.1 Å². The van der Waals surface area contributed by atoms with Crippen LogP contribution in [-0.2, 0) is 16.1 Å². The molecule has 0 aliphatic carbocycles. The summed E-state index contributed by atoms with van der Waals surface area (Å²) < 4.78 is 10.5. The summed E-state index contributed by atoms with van der Waals surface area (Å²) in [5.41, 5.74) is 0.921. The van der Waals surface area contributed by atoms with E-state index in [0.29, 0.717) is 19.8 Å². The third-order valence-corrected chi connectivity index (χ3v) is 4.24. The minimum Gasteiger partial charge on any atom is -0.378 e. The molecule has 2 saturated heterocycles. The van der Waals surface area contributed by atoms with Gasteiger partial charge in [0.05, 0.1) is 32.0 Å². The Hall–Kier alpha value is -1.44. The normalized spacial score (nSPS) is 21.2. The van der Waals surface area contributed by atoms with E-state index in [9.17, 15) is 4.79 Å². The van der Waals surface area contributed by atoms with Crippen LogP contribution >= 0.6 is 0 Å². The van der Waals surface area contributed by atoms with Crippen molar-refractivity contribution in [3.05, 3.63) is 17.5 Å². The van der Waals surface area contributed by atoms with Crippen LogP contribution in [0.15, 0.2) is 10.6 Å². The highest BCUT2D eigenvalue weighted by Crippen LogP contribution is 2.10. The van der Waals surface area contributed by atoms with E-state index in [1.165, 1.54) is 0 Å². The maximum absolute atomic E-state index is 12.2. The molecule has 2 fully saturated rings. The second kappa shape index (κ2) is 7.21. The van der Waals surface area contributed by atoms with E-state index in [4.69, 9.17) is 9.26 Å². The molecule has 0 radical (unpaired) electrons. The molecular weight excluding hydrogens is 284 g/mol. The molecule has 2 aliphatic heterocycles. The Labute approximate surface area is 130 Å². The van der Waals surface area contributed by atoms with Crippen LogP contribution in [0.1, 0.15) is 11.5 Å². The number of amides is 1. The second-order valence-corrected chi connectivity index (χ2v) is 5.98. The molecule has 1 aromatic heterocycles. The molecule has 1 aromatic rings. The smallest absolute Gasteiger partial charge is 0.236 e. The Kier molecular flexibility index (Phi) is 5.07. The first-order valence-corrected chi connectivity index (χ1v) is 7.93. The topological polar surface area (TPSA) is 62.0 Å². The van der Waals surface area contributed by atoms with E-state index in [-0.39, 0.29) is 5.91 Å². The summed E-state index contributed by atoms with van der Waals surface area (Å²) in [4.78, 5) is 18.7. The van der Waals surface area contributed by atoms with Crippen molar-refractivity contribution in [2.75, 3.05) is 59.0 Å². The highest BCUT2D eigenvalue weighted by molar-refractivity contribution is 5.78. The highest BCUT2D eigenvalue weighted by atomic mass is 16.5. The molecule has 7 nitrogen and oxygen atoms in total. The van der Waals surface area contributed by atoms with Gasteiger partial charge in [-0.05, 0) is 6.92 Å². The largest absolute Gasteiger partial charge is 0.378 e. The number of hydrogen-bond donors (Lipinski definition) is 0. The molecule has 2 aliphatic rings. The molecule has 1 amide bonds. The van der Waals surface area contributed by atoms with Gasteiger partial charge in [0.15, 0.2) is 5.76 Å². The fourth-order valence-corrected chi connectivity index (χ4v) is 2.92. The van der Waals surface area contributed by atoms with E-state index in [0.717, 1.165) is 57.3 Å². The molecule has 0 spiro atoms. The van der Waals surface area contributed by atoms with Crippen LogP contribution in [0.3, 0.4) is 0 Å². The Balaban J connectivity index is 1.40. The van der Waals surface area contributed by atoms with E-state index in [1.807, 2.05) is 17.9 Å².